The lowest BCUT2D eigenvalue weighted by Gasteiger charge is -2.27. The van der Waals surface area contributed by atoms with Gasteiger partial charge in [-0.2, -0.15) is 0 Å². The summed E-state index contributed by atoms with van der Waals surface area (Å²) in [5.41, 5.74) is 0.756. The number of ether oxygens (including phenoxy) is 1. The summed E-state index contributed by atoms with van der Waals surface area (Å²) in [5.74, 6) is -0.368. The van der Waals surface area contributed by atoms with Crippen LogP contribution in [0.1, 0.15) is 43.8 Å². The Hall–Kier alpha value is -1.78. The van der Waals surface area contributed by atoms with Crippen LogP contribution in [0.3, 0.4) is 0 Å². The molecule has 3 nitrogen and oxygen atoms in total. The number of aliphatic hydroxyl groups excluding tert-OH is 1. The Morgan fingerprint density at radius 2 is 1.62 bits per heavy atom. The molecule has 0 bridgehead atoms. The first-order valence-electron chi connectivity index (χ1n) is 9.35. The number of esters is 1. The highest BCUT2D eigenvalue weighted by Gasteiger charge is 2.31. The van der Waals surface area contributed by atoms with Gasteiger partial charge in [0.15, 0.2) is 0 Å². The second kappa shape index (κ2) is 9.79. The Balaban J connectivity index is 1.70. The first kappa shape index (κ1) is 19.0. The van der Waals surface area contributed by atoms with E-state index in [0.717, 1.165) is 36.1 Å². The van der Waals surface area contributed by atoms with Crippen molar-refractivity contribution in [2.24, 2.45) is 5.92 Å². The van der Waals surface area contributed by atoms with E-state index in [1.165, 1.54) is 6.42 Å². The predicted octanol–water partition coefficient (Wildman–Crippen LogP) is 5.00. The number of carbonyl (C=O) groups excluding carboxylic acids is 1. The minimum atomic E-state index is -0.858. The molecule has 0 spiro atoms. The van der Waals surface area contributed by atoms with E-state index < -0.39 is 12.0 Å². The quantitative estimate of drug-likeness (QED) is 0.550. The molecule has 2 aromatic rings. The lowest BCUT2D eigenvalue weighted by molar-refractivity contribution is -0.158. The molecule has 1 fully saturated rings. The van der Waals surface area contributed by atoms with Crippen molar-refractivity contribution in [3.05, 3.63) is 66.2 Å². The van der Waals surface area contributed by atoms with Gasteiger partial charge in [0.1, 0.15) is 6.10 Å². The summed E-state index contributed by atoms with van der Waals surface area (Å²) >= 11 is 1.58. The predicted molar refractivity (Wildman–Crippen MR) is 105 cm³/mol. The summed E-state index contributed by atoms with van der Waals surface area (Å²) in [7, 11) is 0. The van der Waals surface area contributed by atoms with Crippen LogP contribution in [0.2, 0.25) is 0 Å². The van der Waals surface area contributed by atoms with Gasteiger partial charge < -0.3 is 9.84 Å². The molecule has 1 saturated carbocycles. The van der Waals surface area contributed by atoms with E-state index in [1.54, 1.807) is 11.8 Å². The molecular formula is C22H26O3S. The highest BCUT2D eigenvalue weighted by Crippen LogP contribution is 2.31. The number of benzene rings is 2. The van der Waals surface area contributed by atoms with Gasteiger partial charge in [-0.1, -0.05) is 55.0 Å². The topological polar surface area (TPSA) is 46.5 Å². The molecule has 1 N–H and O–H groups in total. The van der Waals surface area contributed by atoms with Gasteiger partial charge in [0.25, 0.3) is 0 Å². The summed E-state index contributed by atoms with van der Waals surface area (Å²) in [4.78, 5) is 13.9. The Morgan fingerprint density at radius 1 is 1.00 bits per heavy atom. The Morgan fingerprint density at radius 3 is 2.27 bits per heavy atom. The molecule has 0 heterocycles. The highest BCUT2D eigenvalue weighted by molar-refractivity contribution is 7.99. The Kier molecular flexibility index (Phi) is 7.15. The molecule has 3 rings (SSSR count). The van der Waals surface area contributed by atoms with Crippen molar-refractivity contribution in [1.82, 2.24) is 0 Å². The summed E-state index contributed by atoms with van der Waals surface area (Å²) in [6, 6.07) is 19.3. The maximum Gasteiger partial charge on any atom is 0.313 e. The third-order valence-corrected chi connectivity index (χ3v) is 5.96. The van der Waals surface area contributed by atoms with Gasteiger partial charge >= 0.3 is 5.97 Å². The fourth-order valence-corrected chi connectivity index (χ4v) is 4.35. The van der Waals surface area contributed by atoms with Gasteiger partial charge in [-0.25, -0.2) is 0 Å². The number of aliphatic hydroxyl groups is 1. The second-order valence-corrected chi connectivity index (χ2v) is 7.88. The van der Waals surface area contributed by atoms with Crippen molar-refractivity contribution >= 4 is 17.7 Å². The van der Waals surface area contributed by atoms with Crippen LogP contribution in [0.15, 0.2) is 65.6 Å². The van der Waals surface area contributed by atoms with Crippen LogP contribution in [-0.4, -0.2) is 22.9 Å². The number of rotatable bonds is 7. The smallest absolute Gasteiger partial charge is 0.313 e. The Labute approximate surface area is 159 Å². The molecule has 0 aromatic heterocycles. The van der Waals surface area contributed by atoms with E-state index >= 15 is 0 Å². The SMILES string of the molecule is O=C(OC1CCCCC1)[C@H](CSc1ccccc1)[C@@H](O)c1ccccc1. The first-order chi connectivity index (χ1) is 12.7. The van der Waals surface area contributed by atoms with Crippen LogP contribution in [-0.2, 0) is 9.53 Å². The zero-order valence-corrected chi connectivity index (χ0v) is 15.7. The van der Waals surface area contributed by atoms with E-state index in [-0.39, 0.29) is 12.1 Å². The molecule has 0 saturated heterocycles. The van der Waals surface area contributed by atoms with Crippen LogP contribution < -0.4 is 0 Å². The minimum absolute atomic E-state index is 0.00319. The van der Waals surface area contributed by atoms with Crippen molar-refractivity contribution in [3.63, 3.8) is 0 Å². The number of carbonyl (C=O) groups is 1. The van der Waals surface area contributed by atoms with Gasteiger partial charge in [0, 0.05) is 10.6 Å². The molecule has 1 aliphatic rings. The van der Waals surface area contributed by atoms with E-state index in [1.807, 2.05) is 60.7 Å². The van der Waals surface area contributed by atoms with Crippen molar-refractivity contribution in [1.29, 1.82) is 0 Å². The largest absolute Gasteiger partial charge is 0.462 e. The molecule has 0 amide bonds. The van der Waals surface area contributed by atoms with Crippen molar-refractivity contribution in [2.45, 2.75) is 49.2 Å². The van der Waals surface area contributed by atoms with Crippen LogP contribution in [0.5, 0.6) is 0 Å². The van der Waals surface area contributed by atoms with Gasteiger partial charge in [0.05, 0.1) is 12.0 Å². The van der Waals surface area contributed by atoms with E-state index in [2.05, 4.69) is 0 Å². The van der Waals surface area contributed by atoms with Crippen molar-refractivity contribution < 1.29 is 14.6 Å². The summed E-state index contributed by atoms with van der Waals surface area (Å²) in [5, 5.41) is 10.8. The zero-order chi connectivity index (χ0) is 18.2. The van der Waals surface area contributed by atoms with Crippen LogP contribution >= 0.6 is 11.8 Å². The molecule has 0 aliphatic heterocycles. The zero-order valence-electron chi connectivity index (χ0n) is 14.9. The van der Waals surface area contributed by atoms with Gasteiger partial charge in [0.2, 0.25) is 0 Å². The maximum absolute atomic E-state index is 12.9. The summed E-state index contributed by atoms with van der Waals surface area (Å²) in [6.45, 7) is 0. The van der Waals surface area contributed by atoms with Crippen LogP contribution in [0.25, 0.3) is 0 Å². The van der Waals surface area contributed by atoms with Gasteiger partial charge in [-0.15, -0.1) is 11.8 Å². The lowest BCUT2D eigenvalue weighted by Crippen LogP contribution is -2.31. The maximum atomic E-state index is 12.9. The molecule has 1 aliphatic carbocycles. The average Bonchev–Trinajstić information content (AvgIpc) is 2.70. The van der Waals surface area contributed by atoms with Crippen LogP contribution in [0, 0.1) is 5.92 Å². The normalized spacial score (nSPS) is 17.4. The number of hydrogen-bond acceptors (Lipinski definition) is 4. The summed E-state index contributed by atoms with van der Waals surface area (Å²) in [6.07, 6.45) is 4.46. The monoisotopic (exact) mass is 370 g/mol. The fourth-order valence-electron chi connectivity index (χ4n) is 3.31. The number of thioether (sulfide) groups is 1. The lowest BCUT2D eigenvalue weighted by atomic mass is 9.95. The van der Waals surface area contributed by atoms with E-state index in [9.17, 15) is 9.90 Å². The standard InChI is InChI=1S/C22H26O3S/c23-21(17-10-4-1-5-11-17)20(16-26-19-14-8-3-9-15-19)22(24)25-18-12-6-2-7-13-18/h1,3-5,8-11,14-15,18,20-21,23H,2,6-7,12-13,16H2/t20-,21+/m1/s1. The molecule has 2 atom stereocenters. The minimum Gasteiger partial charge on any atom is -0.462 e. The summed E-state index contributed by atoms with van der Waals surface area (Å²) < 4.78 is 5.77. The molecular weight excluding hydrogens is 344 g/mol. The van der Waals surface area contributed by atoms with E-state index in [0.29, 0.717) is 5.75 Å². The van der Waals surface area contributed by atoms with E-state index in [4.69, 9.17) is 4.74 Å². The van der Waals surface area contributed by atoms with Gasteiger partial charge in [-0.05, 0) is 43.4 Å². The first-order valence-corrected chi connectivity index (χ1v) is 10.3. The van der Waals surface area contributed by atoms with Crippen LogP contribution in [0.4, 0.5) is 0 Å². The Bertz CT molecular complexity index is 668. The third kappa shape index (κ3) is 5.36. The molecule has 4 heteroatoms. The highest BCUT2D eigenvalue weighted by atomic mass is 32.2. The third-order valence-electron chi connectivity index (χ3n) is 4.83. The van der Waals surface area contributed by atoms with Crippen molar-refractivity contribution in [3.8, 4) is 0 Å². The average molecular weight is 371 g/mol. The molecule has 26 heavy (non-hydrogen) atoms. The fraction of sp³-hybridized carbons (Fsp3) is 0.409. The number of hydrogen-bond donors (Lipinski definition) is 1. The molecule has 138 valence electrons. The molecule has 0 unspecified atom stereocenters. The molecule has 2 aromatic carbocycles. The van der Waals surface area contributed by atoms with Crippen molar-refractivity contribution in [2.75, 3.05) is 5.75 Å². The second-order valence-electron chi connectivity index (χ2n) is 6.78. The molecule has 0 radical (unpaired) electrons. The van der Waals surface area contributed by atoms with Gasteiger partial charge in [-0.3, -0.25) is 4.79 Å².